The molecule has 0 aromatic heterocycles. The first-order valence-electron chi connectivity index (χ1n) is 13.2. The van der Waals surface area contributed by atoms with Gasteiger partial charge in [0.25, 0.3) is 0 Å². The highest BCUT2D eigenvalue weighted by Crippen LogP contribution is 2.14. The van der Waals surface area contributed by atoms with Crippen molar-refractivity contribution in [3.05, 3.63) is 83.9 Å². The monoisotopic (exact) mass is 536 g/mol. The van der Waals surface area contributed by atoms with Crippen molar-refractivity contribution in [2.75, 3.05) is 13.2 Å². The Morgan fingerprint density at radius 3 is 2.41 bits per heavy atom. The second-order valence-electron chi connectivity index (χ2n) is 9.47. The van der Waals surface area contributed by atoms with Gasteiger partial charge in [-0.15, -0.1) is 0 Å². The molecule has 0 bridgehead atoms. The first-order chi connectivity index (χ1) is 18.9. The average Bonchev–Trinajstić information content (AvgIpc) is 2.96. The van der Waals surface area contributed by atoms with Crippen molar-refractivity contribution in [1.82, 2.24) is 10.6 Å². The zero-order valence-corrected chi connectivity index (χ0v) is 21.9. The van der Waals surface area contributed by atoms with Crippen LogP contribution in [0.2, 0.25) is 0 Å². The van der Waals surface area contributed by atoms with Crippen molar-refractivity contribution in [1.29, 1.82) is 0 Å². The van der Waals surface area contributed by atoms with Crippen LogP contribution in [0.3, 0.4) is 0 Å². The Labute approximate surface area is 228 Å². The van der Waals surface area contributed by atoms with E-state index in [9.17, 15) is 24.3 Å². The second kappa shape index (κ2) is 16.1. The lowest BCUT2D eigenvalue weighted by Gasteiger charge is -2.22. The van der Waals surface area contributed by atoms with Gasteiger partial charge in [-0.25, -0.2) is 4.79 Å². The van der Waals surface area contributed by atoms with Crippen LogP contribution in [-0.2, 0) is 41.7 Å². The molecule has 1 heterocycles. The minimum atomic E-state index is -1.22. The van der Waals surface area contributed by atoms with Gasteiger partial charge in [0, 0.05) is 12.8 Å². The van der Waals surface area contributed by atoms with Crippen molar-refractivity contribution < 1.29 is 33.8 Å². The van der Waals surface area contributed by atoms with E-state index in [0.29, 0.717) is 19.3 Å². The van der Waals surface area contributed by atoms with E-state index in [0.717, 1.165) is 11.1 Å². The molecule has 9 heteroatoms. The summed E-state index contributed by atoms with van der Waals surface area (Å²) in [5, 5.41) is 15.2. The van der Waals surface area contributed by atoms with Crippen LogP contribution >= 0.6 is 0 Å². The number of cyclic esters (lactones) is 1. The van der Waals surface area contributed by atoms with Gasteiger partial charge in [0.15, 0.2) is 6.04 Å². The quantitative estimate of drug-likeness (QED) is 0.332. The van der Waals surface area contributed by atoms with Gasteiger partial charge in [0.05, 0.1) is 18.6 Å². The van der Waals surface area contributed by atoms with E-state index in [4.69, 9.17) is 9.47 Å². The lowest BCUT2D eigenvalue weighted by atomic mass is 9.98. The molecule has 1 aliphatic heterocycles. The third-order valence-electron chi connectivity index (χ3n) is 6.29. The van der Waals surface area contributed by atoms with E-state index in [-0.39, 0.29) is 39.1 Å². The van der Waals surface area contributed by atoms with Gasteiger partial charge in [-0.2, -0.15) is 0 Å². The fourth-order valence-corrected chi connectivity index (χ4v) is 4.13. The highest BCUT2D eigenvalue weighted by molar-refractivity contribution is 5.89. The van der Waals surface area contributed by atoms with Crippen molar-refractivity contribution in [2.45, 2.75) is 57.2 Å². The third kappa shape index (κ3) is 10.7. The van der Waals surface area contributed by atoms with Crippen LogP contribution in [0.15, 0.2) is 72.8 Å². The summed E-state index contributed by atoms with van der Waals surface area (Å²) in [6.45, 7) is -0.620. The SMILES string of the molecule is O=C(C[C@H]1CC=CCCCC(=O)OC[C@H](C(=O)OCc2ccccc2)NC1=O)N[C@@H](CO)Cc1ccccc1. The van der Waals surface area contributed by atoms with Crippen LogP contribution in [0, 0.1) is 5.92 Å². The fraction of sp³-hybridized carbons (Fsp3) is 0.400. The van der Waals surface area contributed by atoms with Crippen molar-refractivity contribution in [3.63, 3.8) is 0 Å². The fourth-order valence-electron chi connectivity index (χ4n) is 4.13. The van der Waals surface area contributed by atoms with E-state index in [1.54, 1.807) is 18.2 Å². The summed E-state index contributed by atoms with van der Waals surface area (Å²) in [4.78, 5) is 51.1. The summed E-state index contributed by atoms with van der Waals surface area (Å²) in [6.07, 6.45) is 5.58. The molecule has 3 rings (SSSR count). The first-order valence-corrected chi connectivity index (χ1v) is 13.2. The maximum atomic E-state index is 13.2. The van der Waals surface area contributed by atoms with Crippen LogP contribution in [0.1, 0.15) is 43.2 Å². The minimum absolute atomic E-state index is 0.00146. The molecular formula is C30H36N2O7. The standard InChI is InChI=1S/C30H36N2O7/c33-19-25(17-22-11-5-3-6-12-22)31-27(34)18-24-15-9-1-2-10-16-28(35)38-21-26(32-29(24)36)30(37)39-20-23-13-7-4-8-14-23/h1,3-9,11-14,24-26,33H,2,10,15-21H2,(H,31,34)(H,32,36)/t24-,25-,26-/m1/s1. The zero-order valence-electron chi connectivity index (χ0n) is 21.9. The third-order valence-corrected chi connectivity index (χ3v) is 6.29. The number of benzene rings is 2. The van der Waals surface area contributed by atoms with Crippen LogP contribution < -0.4 is 10.6 Å². The summed E-state index contributed by atoms with van der Waals surface area (Å²) in [7, 11) is 0. The summed E-state index contributed by atoms with van der Waals surface area (Å²) in [5.74, 6) is -2.91. The molecule has 2 amide bonds. The minimum Gasteiger partial charge on any atom is -0.463 e. The van der Waals surface area contributed by atoms with Gasteiger partial charge in [-0.05, 0) is 36.8 Å². The topological polar surface area (TPSA) is 131 Å². The Balaban J connectivity index is 1.66. The van der Waals surface area contributed by atoms with Gasteiger partial charge in [0.2, 0.25) is 11.8 Å². The van der Waals surface area contributed by atoms with Crippen molar-refractivity contribution in [2.24, 2.45) is 5.92 Å². The summed E-state index contributed by atoms with van der Waals surface area (Å²) in [6, 6.07) is 16.8. The number of carbonyl (C=O) groups excluding carboxylic acids is 4. The van der Waals surface area contributed by atoms with Gasteiger partial charge in [-0.3, -0.25) is 14.4 Å². The number of rotatable bonds is 9. The number of nitrogens with one attached hydrogen (secondary N) is 2. The number of aliphatic hydroxyl groups is 1. The molecule has 3 atom stereocenters. The van der Waals surface area contributed by atoms with Gasteiger partial charge < -0.3 is 25.2 Å². The van der Waals surface area contributed by atoms with Crippen LogP contribution in [0.4, 0.5) is 0 Å². The second-order valence-corrected chi connectivity index (χ2v) is 9.47. The Morgan fingerprint density at radius 1 is 1.03 bits per heavy atom. The average molecular weight is 537 g/mol. The number of esters is 2. The van der Waals surface area contributed by atoms with Gasteiger partial charge in [-0.1, -0.05) is 72.8 Å². The highest BCUT2D eigenvalue weighted by atomic mass is 16.6. The number of allylic oxidation sites excluding steroid dienone is 2. The molecule has 0 radical (unpaired) electrons. The molecule has 208 valence electrons. The molecule has 2 aromatic carbocycles. The van der Waals surface area contributed by atoms with Crippen molar-refractivity contribution >= 4 is 23.8 Å². The first kappa shape index (κ1) is 29.6. The Hall–Kier alpha value is -3.98. The zero-order chi connectivity index (χ0) is 27.9. The number of amides is 2. The molecule has 39 heavy (non-hydrogen) atoms. The molecule has 9 nitrogen and oxygen atoms in total. The lowest BCUT2D eigenvalue weighted by molar-refractivity contribution is -0.155. The maximum absolute atomic E-state index is 13.2. The predicted octanol–water partition coefficient (Wildman–Crippen LogP) is 2.61. The molecule has 2 aromatic rings. The van der Waals surface area contributed by atoms with Crippen LogP contribution in [-0.4, -0.2) is 54.2 Å². The van der Waals surface area contributed by atoms with Gasteiger partial charge in [0.1, 0.15) is 13.2 Å². The molecule has 0 saturated heterocycles. The summed E-state index contributed by atoms with van der Waals surface area (Å²) < 4.78 is 10.6. The number of carbonyl (C=O) groups is 4. The molecule has 0 spiro atoms. The summed E-state index contributed by atoms with van der Waals surface area (Å²) in [5.41, 5.74) is 1.73. The smallest absolute Gasteiger partial charge is 0.332 e. The maximum Gasteiger partial charge on any atom is 0.332 e. The van der Waals surface area contributed by atoms with E-state index < -0.39 is 41.8 Å². The lowest BCUT2D eigenvalue weighted by Crippen LogP contribution is -2.48. The molecule has 3 N–H and O–H groups in total. The molecule has 0 aliphatic carbocycles. The molecule has 1 aliphatic rings. The van der Waals surface area contributed by atoms with E-state index in [1.165, 1.54) is 0 Å². The predicted molar refractivity (Wildman–Crippen MR) is 144 cm³/mol. The van der Waals surface area contributed by atoms with Crippen molar-refractivity contribution in [3.8, 4) is 0 Å². The largest absolute Gasteiger partial charge is 0.463 e. The van der Waals surface area contributed by atoms with E-state index in [1.807, 2.05) is 54.6 Å². The highest BCUT2D eigenvalue weighted by Gasteiger charge is 2.29. The molecular weight excluding hydrogens is 500 g/mol. The Morgan fingerprint density at radius 2 is 1.72 bits per heavy atom. The number of ether oxygens (including phenoxy) is 2. The number of aliphatic hydroxyl groups excluding tert-OH is 1. The van der Waals surface area contributed by atoms with Gasteiger partial charge >= 0.3 is 11.9 Å². The number of hydrogen-bond donors (Lipinski definition) is 3. The van der Waals surface area contributed by atoms with Crippen LogP contribution in [0.5, 0.6) is 0 Å². The van der Waals surface area contributed by atoms with Crippen LogP contribution in [0.25, 0.3) is 0 Å². The Bertz CT molecular complexity index is 1100. The number of hydrogen-bond acceptors (Lipinski definition) is 7. The normalized spacial score (nSPS) is 19.3. The summed E-state index contributed by atoms with van der Waals surface area (Å²) >= 11 is 0. The van der Waals surface area contributed by atoms with E-state index >= 15 is 0 Å². The Kier molecular flexibility index (Phi) is 12.2. The van der Waals surface area contributed by atoms with E-state index in [2.05, 4.69) is 10.6 Å². The molecule has 0 fully saturated rings. The molecule has 0 unspecified atom stereocenters. The molecule has 0 saturated carbocycles.